The summed E-state index contributed by atoms with van der Waals surface area (Å²) in [5.41, 5.74) is 5.41. The van der Waals surface area contributed by atoms with Crippen LogP contribution in [-0.4, -0.2) is 46.7 Å². The van der Waals surface area contributed by atoms with Crippen molar-refractivity contribution >= 4 is 19.9 Å². The van der Waals surface area contributed by atoms with E-state index in [4.69, 9.17) is 5.73 Å². The van der Waals surface area contributed by atoms with E-state index in [0.717, 1.165) is 6.26 Å². The van der Waals surface area contributed by atoms with Crippen LogP contribution in [0.5, 0.6) is 0 Å². The Balaban J connectivity index is 2.43. The summed E-state index contributed by atoms with van der Waals surface area (Å²) in [7, 11) is -6.73. The molecule has 1 saturated carbocycles. The van der Waals surface area contributed by atoms with E-state index in [1.807, 2.05) is 0 Å². The molecule has 1 aliphatic rings. The lowest BCUT2D eigenvalue weighted by Crippen LogP contribution is -2.33. The van der Waals surface area contributed by atoms with Crippen molar-refractivity contribution < 1.29 is 16.8 Å². The molecule has 0 heterocycles. The highest BCUT2D eigenvalue weighted by Gasteiger charge is 2.36. The minimum absolute atomic E-state index is 0.122. The van der Waals surface area contributed by atoms with Gasteiger partial charge in [0, 0.05) is 18.3 Å². The summed E-state index contributed by atoms with van der Waals surface area (Å²) >= 11 is 0. The van der Waals surface area contributed by atoms with E-state index in [-0.39, 0.29) is 17.8 Å². The molecule has 14 heavy (non-hydrogen) atoms. The van der Waals surface area contributed by atoms with Gasteiger partial charge in [0.2, 0.25) is 10.0 Å². The van der Waals surface area contributed by atoms with E-state index < -0.39 is 25.6 Å². The predicted molar refractivity (Wildman–Crippen MR) is 53.0 cm³/mol. The van der Waals surface area contributed by atoms with Crippen LogP contribution in [0.2, 0.25) is 0 Å². The molecule has 1 rings (SSSR count). The summed E-state index contributed by atoms with van der Waals surface area (Å²) in [4.78, 5) is 0. The van der Waals surface area contributed by atoms with Crippen molar-refractivity contribution in [2.45, 2.75) is 18.5 Å². The van der Waals surface area contributed by atoms with Gasteiger partial charge in [-0.05, 0) is 6.42 Å². The Hall–Kier alpha value is -0.180. The highest BCUT2D eigenvalue weighted by Crippen LogP contribution is 2.18. The summed E-state index contributed by atoms with van der Waals surface area (Å²) in [6, 6.07) is -0.331. The van der Waals surface area contributed by atoms with Crippen molar-refractivity contribution in [1.82, 2.24) is 4.72 Å². The number of nitrogens with one attached hydrogen (secondary N) is 1. The Kier molecular flexibility index (Phi) is 3.20. The minimum Gasteiger partial charge on any atom is -0.326 e. The molecule has 1 aliphatic carbocycles. The van der Waals surface area contributed by atoms with Gasteiger partial charge in [0.1, 0.15) is 9.84 Å². The van der Waals surface area contributed by atoms with Crippen LogP contribution >= 0.6 is 0 Å². The SMILES string of the molecule is CS(=O)(=O)CCS(=O)(=O)NC1CC1N. The molecular formula is C6H14N2O4S2. The average Bonchev–Trinajstić information content (AvgIpc) is 2.60. The molecule has 6 nitrogen and oxygen atoms in total. The van der Waals surface area contributed by atoms with Crippen LogP contribution in [0.3, 0.4) is 0 Å². The van der Waals surface area contributed by atoms with Gasteiger partial charge in [0.15, 0.2) is 0 Å². The maximum Gasteiger partial charge on any atom is 0.212 e. The molecular weight excluding hydrogens is 228 g/mol. The standard InChI is InChI=1S/C6H14N2O4S2/c1-13(9,10)2-3-14(11,12)8-6-4-5(6)7/h5-6,8H,2-4,7H2,1H3. The molecule has 0 aliphatic heterocycles. The van der Waals surface area contributed by atoms with Crippen LogP contribution in [0.4, 0.5) is 0 Å². The van der Waals surface area contributed by atoms with Crippen molar-refractivity contribution in [2.75, 3.05) is 17.8 Å². The highest BCUT2D eigenvalue weighted by atomic mass is 32.2. The number of rotatable bonds is 5. The Bertz CT molecular complexity index is 400. The number of hydrogen-bond donors (Lipinski definition) is 2. The van der Waals surface area contributed by atoms with Crippen LogP contribution in [0.15, 0.2) is 0 Å². The van der Waals surface area contributed by atoms with Crippen molar-refractivity contribution in [3.63, 3.8) is 0 Å². The fourth-order valence-corrected chi connectivity index (χ4v) is 3.84. The van der Waals surface area contributed by atoms with E-state index in [1.54, 1.807) is 0 Å². The average molecular weight is 242 g/mol. The number of sulfone groups is 1. The molecule has 8 heteroatoms. The van der Waals surface area contributed by atoms with E-state index in [2.05, 4.69) is 4.72 Å². The summed E-state index contributed by atoms with van der Waals surface area (Å²) < 4.78 is 46.3. The maximum atomic E-state index is 11.2. The van der Waals surface area contributed by atoms with Gasteiger partial charge in [-0.3, -0.25) is 0 Å². The molecule has 0 aromatic heterocycles. The van der Waals surface area contributed by atoms with E-state index >= 15 is 0 Å². The van der Waals surface area contributed by atoms with Crippen molar-refractivity contribution in [3.8, 4) is 0 Å². The Morgan fingerprint density at radius 2 is 1.79 bits per heavy atom. The van der Waals surface area contributed by atoms with Gasteiger partial charge in [-0.1, -0.05) is 0 Å². The first-order valence-corrected chi connectivity index (χ1v) is 7.84. The number of sulfonamides is 1. The van der Waals surface area contributed by atoms with Crippen LogP contribution in [0.25, 0.3) is 0 Å². The van der Waals surface area contributed by atoms with Crippen molar-refractivity contribution in [1.29, 1.82) is 0 Å². The summed E-state index contributed by atoms with van der Waals surface area (Å²) in [6.07, 6.45) is 1.63. The highest BCUT2D eigenvalue weighted by molar-refractivity contribution is 7.93. The minimum atomic E-state index is -3.49. The summed E-state index contributed by atoms with van der Waals surface area (Å²) in [5, 5.41) is 0. The van der Waals surface area contributed by atoms with Gasteiger partial charge in [0.05, 0.1) is 11.5 Å². The summed E-state index contributed by atoms with van der Waals surface area (Å²) in [5.74, 6) is -0.751. The second kappa shape index (κ2) is 3.76. The molecule has 0 bridgehead atoms. The smallest absolute Gasteiger partial charge is 0.212 e. The van der Waals surface area contributed by atoms with Crippen molar-refractivity contribution in [2.24, 2.45) is 5.73 Å². The second-order valence-electron chi connectivity index (χ2n) is 3.57. The lowest BCUT2D eigenvalue weighted by atomic mass is 10.7. The normalized spacial score (nSPS) is 27.6. The quantitative estimate of drug-likeness (QED) is 0.583. The zero-order valence-electron chi connectivity index (χ0n) is 7.80. The Morgan fingerprint density at radius 1 is 1.29 bits per heavy atom. The van der Waals surface area contributed by atoms with Gasteiger partial charge in [-0.15, -0.1) is 0 Å². The molecule has 0 aromatic carbocycles. The first kappa shape index (κ1) is 11.9. The molecule has 2 unspecified atom stereocenters. The molecule has 0 amide bonds. The lowest BCUT2D eigenvalue weighted by Gasteiger charge is -2.04. The molecule has 0 saturated heterocycles. The number of hydrogen-bond acceptors (Lipinski definition) is 5. The molecule has 0 spiro atoms. The topological polar surface area (TPSA) is 106 Å². The monoisotopic (exact) mass is 242 g/mol. The van der Waals surface area contributed by atoms with Gasteiger partial charge in [-0.2, -0.15) is 0 Å². The molecule has 1 fully saturated rings. The summed E-state index contributed by atoms with van der Waals surface area (Å²) in [6.45, 7) is 0. The van der Waals surface area contributed by atoms with Crippen LogP contribution in [0, 0.1) is 0 Å². The van der Waals surface area contributed by atoms with Gasteiger partial charge < -0.3 is 5.73 Å². The zero-order chi connectivity index (χ0) is 11.0. The maximum absolute atomic E-state index is 11.2. The van der Waals surface area contributed by atoms with Crippen LogP contribution < -0.4 is 10.5 Å². The Morgan fingerprint density at radius 3 is 2.14 bits per heavy atom. The van der Waals surface area contributed by atoms with Crippen LogP contribution in [0.1, 0.15) is 6.42 Å². The zero-order valence-corrected chi connectivity index (χ0v) is 9.44. The molecule has 0 radical (unpaired) electrons. The third kappa shape index (κ3) is 4.36. The molecule has 84 valence electrons. The first-order chi connectivity index (χ1) is 6.20. The third-order valence-corrected chi connectivity index (χ3v) is 4.50. The second-order valence-corrected chi connectivity index (χ2v) is 7.71. The van der Waals surface area contributed by atoms with Gasteiger partial charge >= 0.3 is 0 Å². The van der Waals surface area contributed by atoms with E-state index in [9.17, 15) is 16.8 Å². The first-order valence-electron chi connectivity index (χ1n) is 4.13. The van der Waals surface area contributed by atoms with Crippen molar-refractivity contribution in [3.05, 3.63) is 0 Å². The lowest BCUT2D eigenvalue weighted by molar-refractivity contribution is 0.577. The van der Waals surface area contributed by atoms with E-state index in [1.165, 1.54) is 0 Å². The largest absolute Gasteiger partial charge is 0.326 e. The third-order valence-electron chi connectivity index (χ3n) is 1.89. The fourth-order valence-electron chi connectivity index (χ4n) is 0.901. The van der Waals surface area contributed by atoms with Gasteiger partial charge in [-0.25, -0.2) is 21.6 Å². The van der Waals surface area contributed by atoms with E-state index in [0.29, 0.717) is 6.42 Å². The van der Waals surface area contributed by atoms with Crippen LogP contribution in [-0.2, 0) is 19.9 Å². The fraction of sp³-hybridized carbons (Fsp3) is 1.00. The number of nitrogens with two attached hydrogens (primary N) is 1. The predicted octanol–water partition coefficient (Wildman–Crippen LogP) is -1.95. The molecule has 0 aromatic rings. The Labute approximate surface area is 83.8 Å². The molecule has 2 atom stereocenters. The molecule has 3 N–H and O–H groups in total. The van der Waals surface area contributed by atoms with Gasteiger partial charge in [0.25, 0.3) is 0 Å².